The Kier molecular flexibility index (Phi) is 5.84. The number of rotatable bonds is 1. The average Bonchev–Trinajstić information content (AvgIpc) is 3.05. The van der Waals surface area contributed by atoms with E-state index in [0.717, 1.165) is 5.46 Å². The van der Waals surface area contributed by atoms with Gasteiger partial charge in [-0.05, 0) is 27.7 Å². The van der Waals surface area contributed by atoms with Crippen LogP contribution >= 0.6 is 0 Å². The zero-order valence-electron chi connectivity index (χ0n) is 12.4. The van der Waals surface area contributed by atoms with Crippen molar-refractivity contribution in [1.82, 2.24) is 0 Å². The fourth-order valence-corrected chi connectivity index (χ4v) is 1.85. The Morgan fingerprint density at radius 3 is 1.70 bits per heavy atom. The zero-order valence-corrected chi connectivity index (χ0v) is 13.5. The van der Waals surface area contributed by atoms with E-state index in [-0.39, 0.29) is 35.4 Å². The van der Waals surface area contributed by atoms with E-state index in [1.54, 1.807) is 0 Å². The van der Waals surface area contributed by atoms with Crippen LogP contribution in [0.2, 0.25) is 0 Å². The van der Waals surface area contributed by atoms with E-state index in [9.17, 15) is 0 Å². The van der Waals surface area contributed by atoms with Crippen LogP contribution < -0.4 is 5.46 Å². The van der Waals surface area contributed by atoms with Crippen molar-refractivity contribution in [2.75, 3.05) is 0 Å². The molecule has 1 aliphatic heterocycles. The van der Waals surface area contributed by atoms with Crippen LogP contribution in [0.4, 0.5) is 0 Å². The van der Waals surface area contributed by atoms with Gasteiger partial charge < -0.3 is 39.0 Å². The van der Waals surface area contributed by atoms with Crippen LogP contribution in [0, 0.1) is 0 Å². The molecule has 1 aliphatic rings. The van der Waals surface area contributed by atoms with E-state index in [4.69, 9.17) is 9.31 Å². The Balaban J connectivity index is 0.000000283. The summed E-state index contributed by atoms with van der Waals surface area (Å²) in [5, 5.41) is 0. The molecule has 4 heteroatoms. The third-order valence-corrected chi connectivity index (χ3v) is 3.77. The molecule has 114 valence electrons. The number of hydrogen-bond donors (Lipinski definition) is 0. The zero-order chi connectivity index (χ0) is 13.9. The molecule has 0 atom stereocenters. The predicted molar refractivity (Wildman–Crippen MR) is 79.8 cm³/mol. The van der Waals surface area contributed by atoms with E-state index in [0.29, 0.717) is 0 Å². The van der Waals surface area contributed by atoms with Gasteiger partial charge in [0.05, 0.1) is 11.2 Å². The van der Waals surface area contributed by atoms with Gasteiger partial charge in [-0.1, -0.05) is 0 Å². The molecule has 3 rings (SSSR count). The minimum absolute atomic E-state index is 0. The maximum absolute atomic E-state index is 5.89. The summed E-state index contributed by atoms with van der Waals surface area (Å²) in [6, 6.07) is 18.1. The van der Waals surface area contributed by atoms with Crippen molar-refractivity contribution in [2.24, 2.45) is 0 Å². The maximum atomic E-state index is 5.89. The molecule has 1 heterocycles. The van der Waals surface area contributed by atoms with Gasteiger partial charge in [0.15, 0.2) is 0 Å². The van der Waals surface area contributed by atoms with Gasteiger partial charge in [-0.15, -0.1) is 0 Å². The monoisotopic (exact) mass is 312 g/mol. The van der Waals surface area contributed by atoms with Crippen LogP contribution in [-0.4, -0.2) is 18.3 Å². The Hall–Kier alpha value is -0.796. The predicted octanol–water partition coefficient (Wildman–Crippen LogP) is 3.11. The molecule has 20 heavy (non-hydrogen) atoms. The molecular weight excluding hydrogens is 291 g/mol. The fourth-order valence-electron chi connectivity index (χ4n) is 1.85. The van der Waals surface area contributed by atoms with Crippen molar-refractivity contribution < 1.29 is 26.4 Å². The largest absolute Gasteiger partial charge is 0.748 e. The summed E-state index contributed by atoms with van der Waals surface area (Å²) >= 11 is 0. The van der Waals surface area contributed by atoms with Gasteiger partial charge in [-0.3, -0.25) is 0 Å². The molecule has 1 saturated heterocycles. The van der Waals surface area contributed by atoms with Gasteiger partial charge in [-0.25, -0.2) is 12.1 Å². The van der Waals surface area contributed by atoms with Crippen molar-refractivity contribution >= 4 is 12.6 Å². The molecule has 2 aromatic rings. The second kappa shape index (κ2) is 6.77. The van der Waals surface area contributed by atoms with E-state index in [2.05, 4.69) is 27.7 Å². The van der Waals surface area contributed by atoms with E-state index >= 15 is 0 Å². The summed E-state index contributed by atoms with van der Waals surface area (Å²) in [5.74, 6) is 0. The van der Waals surface area contributed by atoms with Crippen molar-refractivity contribution in [3.05, 3.63) is 54.6 Å². The van der Waals surface area contributed by atoms with Crippen LogP contribution in [0.5, 0.6) is 0 Å². The molecule has 1 fully saturated rings. The van der Waals surface area contributed by atoms with Crippen LogP contribution in [0.15, 0.2) is 54.6 Å². The third kappa shape index (κ3) is 3.86. The average molecular weight is 312 g/mol. The standard InChI is InChI=1S/C11H16BO2.C5H5.Fe/c1-10(2)11(3,4)14-12(13-10)9-7-5-6-8-9;1-2-4-5-3-1;/h5-8H,1-4H3;1-5H;/q-5;-1;. The quantitative estimate of drug-likeness (QED) is 0.595. The summed E-state index contributed by atoms with van der Waals surface area (Å²) in [5.41, 5.74) is 0.618. The first-order valence-electron chi connectivity index (χ1n) is 6.66. The molecule has 2 nitrogen and oxygen atoms in total. The molecule has 0 aromatic heterocycles. The van der Waals surface area contributed by atoms with Gasteiger partial charge >= 0.3 is 0 Å². The summed E-state index contributed by atoms with van der Waals surface area (Å²) in [7, 11) is -0.213. The van der Waals surface area contributed by atoms with Crippen molar-refractivity contribution in [3.63, 3.8) is 0 Å². The Labute approximate surface area is 132 Å². The molecule has 2 aromatic carbocycles. The van der Waals surface area contributed by atoms with Gasteiger partial charge in [0, 0.05) is 17.1 Å². The smallest absolute Gasteiger partial charge is 0.240 e. The third-order valence-electron chi connectivity index (χ3n) is 3.77. The molecule has 0 spiro atoms. The van der Waals surface area contributed by atoms with Crippen LogP contribution in [-0.2, 0) is 26.4 Å². The van der Waals surface area contributed by atoms with Gasteiger partial charge in [0.1, 0.15) is 0 Å². The van der Waals surface area contributed by atoms with E-state index in [1.807, 2.05) is 54.6 Å². The summed E-state index contributed by atoms with van der Waals surface area (Å²) in [6.45, 7) is 8.26. The van der Waals surface area contributed by atoms with Crippen molar-refractivity contribution in [2.45, 2.75) is 38.9 Å². The fraction of sp³-hybridized carbons (Fsp3) is 0.375. The Bertz CT molecular complexity index is 441. The minimum atomic E-state index is -0.241. The first kappa shape index (κ1) is 17.3. The van der Waals surface area contributed by atoms with Crippen molar-refractivity contribution in [1.29, 1.82) is 0 Å². The van der Waals surface area contributed by atoms with Gasteiger partial charge in [-0.2, -0.15) is 18.2 Å². The summed E-state index contributed by atoms with van der Waals surface area (Å²) < 4.78 is 11.8. The number of hydrogen-bond acceptors (Lipinski definition) is 2. The first-order valence-corrected chi connectivity index (χ1v) is 6.66. The molecule has 0 amide bonds. The van der Waals surface area contributed by atoms with Crippen molar-refractivity contribution in [3.8, 4) is 0 Å². The van der Waals surface area contributed by atoms with E-state index < -0.39 is 0 Å². The molecule has 0 bridgehead atoms. The maximum Gasteiger partial charge on any atom is 0.240 e. The summed E-state index contributed by atoms with van der Waals surface area (Å²) in [6.07, 6.45) is 0. The molecule has 0 saturated carbocycles. The van der Waals surface area contributed by atoms with Crippen LogP contribution in [0.1, 0.15) is 27.7 Å². The van der Waals surface area contributed by atoms with E-state index in [1.165, 1.54) is 0 Å². The Morgan fingerprint density at radius 2 is 1.35 bits per heavy atom. The normalized spacial score (nSPS) is 18.9. The second-order valence-corrected chi connectivity index (χ2v) is 5.77. The first-order chi connectivity index (χ1) is 8.92. The van der Waals surface area contributed by atoms with Crippen LogP contribution in [0.3, 0.4) is 0 Å². The molecule has 0 N–H and O–H groups in total. The molecule has 0 radical (unpaired) electrons. The minimum Gasteiger partial charge on any atom is -0.748 e. The second-order valence-electron chi connectivity index (χ2n) is 5.77. The summed E-state index contributed by atoms with van der Waals surface area (Å²) in [4.78, 5) is 0. The van der Waals surface area contributed by atoms with Gasteiger partial charge in [0.2, 0.25) is 7.12 Å². The molecular formula is C16H21BFeO2-6. The SMILES string of the molecule is CC1(C)OB([c-]2[cH-][cH-][cH-][cH-]2)OC1(C)C.[Fe].c1cc[cH-]c1. The molecule has 0 aliphatic carbocycles. The van der Waals surface area contributed by atoms with Crippen LogP contribution in [0.25, 0.3) is 0 Å². The molecule has 0 unspecified atom stereocenters. The van der Waals surface area contributed by atoms with Gasteiger partial charge in [0.25, 0.3) is 0 Å². The topological polar surface area (TPSA) is 18.5 Å². The Morgan fingerprint density at radius 1 is 0.900 bits per heavy atom.